The summed E-state index contributed by atoms with van der Waals surface area (Å²) in [5.74, 6) is -1.62. The molecule has 0 bridgehead atoms. The zero-order valence-electron chi connectivity index (χ0n) is 16.9. The number of nitrogens with zero attached hydrogens (tertiary/aromatic N) is 1. The van der Waals surface area contributed by atoms with Crippen LogP contribution in [0.25, 0.3) is 5.69 Å². The molecule has 7 nitrogen and oxygen atoms in total. The summed E-state index contributed by atoms with van der Waals surface area (Å²) in [5.41, 5.74) is 2.35. The third-order valence-electron chi connectivity index (χ3n) is 4.85. The number of aryl methyl sites for hydroxylation is 1. The summed E-state index contributed by atoms with van der Waals surface area (Å²) >= 11 is 0. The summed E-state index contributed by atoms with van der Waals surface area (Å²) in [7, 11) is -3.26. The zero-order chi connectivity index (χ0) is 22.8. The molecule has 0 spiro atoms. The number of halogens is 2. The van der Waals surface area contributed by atoms with Gasteiger partial charge in [0.05, 0.1) is 12.2 Å². The molecule has 2 heterocycles. The van der Waals surface area contributed by atoms with Crippen LogP contribution < -0.4 is 4.74 Å². The van der Waals surface area contributed by atoms with Gasteiger partial charge >= 0.3 is 12.6 Å². The van der Waals surface area contributed by atoms with Gasteiger partial charge in [-0.25, -0.2) is 8.42 Å². The van der Waals surface area contributed by atoms with Gasteiger partial charge in [0.1, 0.15) is 5.75 Å². The maximum atomic E-state index is 12.6. The summed E-state index contributed by atoms with van der Waals surface area (Å²) in [6, 6.07) is 7.65. The molecule has 0 saturated heterocycles. The van der Waals surface area contributed by atoms with Gasteiger partial charge in [0, 0.05) is 34.0 Å². The van der Waals surface area contributed by atoms with Gasteiger partial charge in [0.25, 0.3) is 0 Å². The number of benzene rings is 1. The number of allylic oxidation sites excluding steroid dienone is 1. The molecule has 31 heavy (non-hydrogen) atoms. The third-order valence-corrected chi connectivity index (χ3v) is 6.31. The third kappa shape index (κ3) is 5.57. The number of alkyl halides is 2. The molecule has 0 radical (unpaired) electrons. The number of hydrogen-bond acceptors (Lipinski definition) is 6. The molecular formula is C21H21F2NO6S. The molecule has 1 aromatic carbocycles. The molecular weight excluding hydrogens is 432 g/mol. The van der Waals surface area contributed by atoms with E-state index in [9.17, 15) is 26.8 Å². The fourth-order valence-electron chi connectivity index (χ4n) is 3.48. The standard InChI is InChI=1S/C21H21F2NO6S/c1-13-9-18(14(2)24(13)16-3-5-17(6-4-16)30-21(22)23)19(25)11-29-20(26)10-15-7-8-31(27,28)12-15/h3-9,15,21H,10-12H2,1-2H3. The highest BCUT2D eigenvalue weighted by molar-refractivity contribution is 7.94. The van der Waals surface area contributed by atoms with Gasteiger partial charge < -0.3 is 14.0 Å². The van der Waals surface area contributed by atoms with Gasteiger partial charge in [-0.15, -0.1) is 0 Å². The van der Waals surface area contributed by atoms with Crippen molar-refractivity contribution >= 4 is 21.6 Å². The van der Waals surface area contributed by atoms with E-state index >= 15 is 0 Å². The van der Waals surface area contributed by atoms with E-state index in [1.807, 2.05) is 0 Å². The normalized spacial score (nSPS) is 17.1. The first-order valence-electron chi connectivity index (χ1n) is 9.39. The van der Waals surface area contributed by atoms with E-state index < -0.39 is 40.7 Å². The number of sulfone groups is 1. The Kier molecular flexibility index (Phi) is 6.59. The highest BCUT2D eigenvalue weighted by Crippen LogP contribution is 2.24. The summed E-state index contributed by atoms with van der Waals surface area (Å²) in [5, 5.41) is 1.08. The SMILES string of the molecule is Cc1cc(C(=O)COC(=O)CC2C=CS(=O)(=O)C2)c(C)n1-c1ccc(OC(F)F)cc1. The second-order valence-electron chi connectivity index (χ2n) is 7.20. The molecule has 1 unspecified atom stereocenters. The number of carbonyl (C=O) groups excluding carboxylic acids is 2. The predicted molar refractivity (Wildman–Crippen MR) is 108 cm³/mol. The number of ether oxygens (including phenoxy) is 2. The molecule has 0 amide bonds. The summed E-state index contributed by atoms with van der Waals surface area (Å²) in [6.07, 6.45) is 1.33. The van der Waals surface area contributed by atoms with E-state index in [0.29, 0.717) is 16.9 Å². The second kappa shape index (κ2) is 9.01. The van der Waals surface area contributed by atoms with Crippen molar-refractivity contribution in [3.63, 3.8) is 0 Å². The van der Waals surface area contributed by atoms with Gasteiger partial charge in [0.15, 0.2) is 16.4 Å². The van der Waals surface area contributed by atoms with Crippen LogP contribution in [0.1, 0.15) is 28.2 Å². The Morgan fingerprint density at radius 2 is 1.87 bits per heavy atom. The first-order valence-corrected chi connectivity index (χ1v) is 11.1. The minimum absolute atomic E-state index is 0.0225. The summed E-state index contributed by atoms with van der Waals surface area (Å²) in [6.45, 7) is 0.126. The zero-order valence-corrected chi connectivity index (χ0v) is 17.7. The molecule has 166 valence electrons. The molecule has 0 N–H and O–H groups in total. The van der Waals surface area contributed by atoms with Crippen molar-refractivity contribution in [2.75, 3.05) is 12.4 Å². The quantitative estimate of drug-likeness (QED) is 0.450. The fraction of sp³-hybridized carbons (Fsp3) is 0.333. The number of ketones is 1. The molecule has 0 aliphatic carbocycles. The molecule has 3 rings (SSSR count). The van der Waals surface area contributed by atoms with Crippen molar-refractivity contribution in [3.8, 4) is 11.4 Å². The van der Waals surface area contributed by atoms with Crippen molar-refractivity contribution < 1.29 is 36.3 Å². The topological polar surface area (TPSA) is 91.7 Å². The van der Waals surface area contributed by atoms with Crippen LogP contribution >= 0.6 is 0 Å². The maximum Gasteiger partial charge on any atom is 0.387 e. The van der Waals surface area contributed by atoms with Crippen LogP contribution in [-0.2, 0) is 19.4 Å². The molecule has 1 aromatic heterocycles. The smallest absolute Gasteiger partial charge is 0.387 e. The Morgan fingerprint density at radius 1 is 1.19 bits per heavy atom. The van der Waals surface area contributed by atoms with Crippen LogP contribution in [0.3, 0.4) is 0 Å². The van der Waals surface area contributed by atoms with Crippen LogP contribution in [0.2, 0.25) is 0 Å². The van der Waals surface area contributed by atoms with Crippen molar-refractivity contribution in [1.82, 2.24) is 4.57 Å². The first kappa shape index (κ1) is 22.7. The number of rotatable bonds is 8. The summed E-state index contributed by atoms with van der Waals surface area (Å²) in [4.78, 5) is 24.5. The van der Waals surface area contributed by atoms with Gasteiger partial charge in [-0.1, -0.05) is 6.08 Å². The lowest BCUT2D eigenvalue weighted by Gasteiger charge is -2.11. The first-order chi connectivity index (χ1) is 14.6. The van der Waals surface area contributed by atoms with Crippen molar-refractivity contribution in [1.29, 1.82) is 0 Å². The summed E-state index contributed by atoms with van der Waals surface area (Å²) < 4.78 is 58.6. The highest BCUT2D eigenvalue weighted by Gasteiger charge is 2.25. The molecule has 10 heteroatoms. The average molecular weight is 453 g/mol. The van der Waals surface area contributed by atoms with E-state index in [-0.39, 0.29) is 17.9 Å². The van der Waals surface area contributed by atoms with E-state index in [0.717, 1.165) is 11.1 Å². The van der Waals surface area contributed by atoms with Gasteiger partial charge in [-0.3, -0.25) is 9.59 Å². The molecule has 1 atom stereocenters. The lowest BCUT2D eigenvalue weighted by Crippen LogP contribution is -2.18. The van der Waals surface area contributed by atoms with Crippen LogP contribution in [0, 0.1) is 19.8 Å². The van der Waals surface area contributed by atoms with E-state index in [4.69, 9.17) is 4.74 Å². The minimum Gasteiger partial charge on any atom is -0.457 e. The van der Waals surface area contributed by atoms with E-state index in [1.165, 1.54) is 18.2 Å². The number of aromatic nitrogens is 1. The monoisotopic (exact) mass is 453 g/mol. The Balaban J connectivity index is 1.65. The lowest BCUT2D eigenvalue weighted by molar-refractivity contribution is -0.143. The number of Topliss-reactive ketones (excluding diaryl/α,β-unsaturated/α-hetero) is 1. The molecule has 2 aromatic rings. The largest absolute Gasteiger partial charge is 0.457 e. The highest BCUT2D eigenvalue weighted by atomic mass is 32.2. The van der Waals surface area contributed by atoms with Crippen LogP contribution in [-0.4, -0.2) is 43.7 Å². The van der Waals surface area contributed by atoms with Crippen molar-refractivity contribution in [2.45, 2.75) is 26.9 Å². The second-order valence-corrected chi connectivity index (χ2v) is 9.13. The average Bonchev–Trinajstić information content (AvgIpc) is 3.18. The number of hydrogen-bond donors (Lipinski definition) is 0. The Bertz CT molecular complexity index is 1120. The van der Waals surface area contributed by atoms with Gasteiger partial charge in [0.2, 0.25) is 5.78 Å². The molecule has 1 aliphatic heterocycles. The Hall–Kier alpha value is -3.01. The van der Waals surface area contributed by atoms with Crippen molar-refractivity contribution in [3.05, 3.63) is 58.8 Å². The number of esters is 1. The number of carbonyl (C=O) groups is 2. The van der Waals surface area contributed by atoms with E-state index in [1.54, 1.807) is 36.6 Å². The molecule has 0 fully saturated rings. The lowest BCUT2D eigenvalue weighted by atomic mass is 10.1. The van der Waals surface area contributed by atoms with Gasteiger partial charge in [-0.2, -0.15) is 8.78 Å². The minimum atomic E-state index is -3.26. The maximum absolute atomic E-state index is 12.6. The Labute approximate surface area is 178 Å². The predicted octanol–water partition coefficient (Wildman–Crippen LogP) is 3.37. The van der Waals surface area contributed by atoms with Crippen molar-refractivity contribution in [2.24, 2.45) is 5.92 Å². The fourth-order valence-corrected chi connectivity index (χ4v) is 4.88. The van der Waals surface area contributed by atoms with Crippen LogP contribution in [0.5, 0.6) is 5.75 Å². The molecule has 0 saturated carbocycles. The van der Waals surface area contributed by atoms with Crippen LogP contribution in [0.15, 0.2) is 41.8 Å². The van der Waals surface area contributed by atoms with Crippen LogP contribution in [0.4, 0.5) is 8.78 Å². The van der Waals surface area contributed by atoms with Gasteiger partial charge in [-0.05, 0) is 44.2 Å². The molecule has 1 aliphatic rings. The Morgan fingerprint density at radius 3 is 2.45 bits per heavy atom. The van der Waals surface area contributed by atoms with E-state index in [2.05, 4.69) is 4.74 Å².